The first-order chi connectivity index (χ1) is 8.39. The van der Waals surface area contributed by atoms with Crippen LogP contribution in [0, 0.1) is 5.41 Å². The highest BCUT2D eigenvalue weighted by Gasteiger charge is 2.38. The predicted molar refractivity (Wildman–Crippen MR) is 81.1 cm³/mol. The van der Waals surface area contributed by atoms with Crippen LogP contribution in [0.1, 0.15) is 27.2 Å². The average Bonchev–Trinajstić information content (AvgIpc) is 2.27. The zero-order valence-electron chi connectivity index (χ0n) is 12.1. The lowest BCUT2D eigenvalue weighted by molar-refractivity contribution is 0.141. The maximum absolute atomic E-state index is 5.99. The van der Waals surface area contributed by atoms with Crippen LogP contribution in [-0.4, -0.2) is 43.3 Å². The van der Waals surface area contributed by atoms with E-state index in [0.717, 1.165) is 30.9 Å². The molecule has 1 fully saturated rings. The molecule has 18 heavy (non-hydrogen) atoms. The first-order valence-corrected chi connectivity index (χ1v) is 7.80. The number of nitrogens with two attached hydrogens (primary N) is 1. The monoisotopic (exact) mass is 272 g/mol. The first-order valence-electron chi connectivity index (χ1n) is 6.64. The van der Waals surface area contributed by atoms with E-state index >= 15 is 0 Å². The summed E-state index contributed by atoms with van der Waals surface area (Å²) in [4.78, 5) is 0. The highest BCUT2D eigenvalue weighted by Crippen LogP contribution is 2.38. The van der Waals surface area contributed by atoms with E-state index in [1.165, 1.54) is 5.75 Å². The first kappa shape index (κ1) is 16.0. The molecule has 0 aliphatic carbocycles. The SMILES string of the molecule is C=C(C)COCCNC1(CN)CSCC(C)(C)C1. The molecule has 1 unspecified atom stereocenters. The largest absolute Gasteiger partial charge is 0.376 e. The minimum atomic E-state index is 0.0823. The normalized spacial score (nSPS) is 27.1. The van der Waals surface area contributed by atoms with E-state index in [9.17, 15) is 0 Å². The average molecular weight is 272 g/mol. The lowest BCUT2D eigenvalue weighted by atomic mass is 9.80. The number of ether oxygens (including phenoxy) is 1. The lowest BCUT2D eigenvalue weighted by Crippen LogP contribution is -2.58. The van der Waals surface area contributed by atoms with Gasteiger partial charge in [-0.3, -0.25) is 0 Å². The molecular formula is C14H28N2OS. The van der Waals surface area contributed by atoms with E-state index in [1.807, 2.05) is 18.7 Å². The Balaban J connectivity index is 2.34. The lowest BCUT2D eigenvalue weighted by Gasteiger charge is -2.44. The Morgan fingerprint density at radius 1 is 1.44 bits per heavy atom. The summed E-state index contributed by atoms with van der Waals surface area (Å²) in [7, 11) is 0. The number of hydrogen-bond acceptors (Lipinski definition) is 4. The minimum absolute atomic E-state index is 0.0823. The third-order valence-electron chi connectivity index (χ3n) is 3.17. The standard InChI is InChI=1S/C14H28N2OS/c1-12(2)7-17-6-5-16-14(9-15)8-13(3,4)10-18-11-14/h16H,1,5-11,15H2,2-4H3. The van der Waals surface area contributed by atoms with E-state index in [-0.39, 0.29) is 5.54 Å². The molecule has 0 amide bonds. The number of hydrogen-bond donors (Lipinski definition) is 2. The molecule has 1 aliphatic rings. The number of rotatable bonds is 7. The van der Waals surface area contributed by atoms with Crippen molar-refractivity contribution in [3.63, 3.8) is 0 Å². The summed E-state index contributed by atoms with van der Waals surface area (Å²) >= 11 is 2.00. The Morgan fingerprint density at radius 3 is 2.72 bits per heavy atom. The van der Waals surface area contributed by atoms with Gasteiger partial charge in [-0.2, -0.15) is 11.8 Å². The van der Waals surface area contributed by atoms with Gasteiger partial charge >= 0.3 is 0 Å². The van der Waals surface area contributed by atoms with Crippen molar-refractivity contribution in [3.8, 4) is 0 Å². The Morgan fingerprint density at radius 2 is 2.17 bits per heavy atom. The van der Waals surface area contributed by atoms with Crippen molar-refractivity contribution in [2.75, 3.05) is 37.8 Å². The zero-order valence-corrected chi connectivity index (χ0v) is 12.9. The Hall–Kier alpha value is -0.0300. The fraction of sp³-hybridized carbons (Fsp3) is 0.857. The highest BCUT2D eigenvalue weighted by atomic mass is 32.2. The molecule has 1 aliphatic heterocycles. The van der Waals surface area contributed by atoms with Gasteiger partial charge in [0.15, 0.2) is 0 Å². The van der Waals surface area contributed by atoms with Crippen LogP contribution in [-0.2, 0) is 4.74 Å². The summed E-state index contributed by atoms with van der Waals surface area (Å²) in [6.07, 6.45) is 1.14. The topological polar surface area (TPSA) is 47.3 Å². The molecule has 0 aromatic heterocycles. The van der Waals surface area contributed by atoms with Gasteiger partial charge in [0.05, 0.1) is 13.2 Å². The van der Waals surface area contributed by atoms with Gasteiger partial charge in [-0.05, 0) is 24.5 Å². The number of thioether (sulfide) groups is 1. The minimum Gasteiger partial charge on any atom is -0.376 e. The van der Waals surface area contributed by atoms with Crippen LogP contribution in [0.25, 0.3) is 0 Å². The van der Waals surface area contributed by atoms with Gasteiger partial charge in [0.2, 0.25) is 0 Å². The van der Waals surface area contributed by atoms with Gasteiger partial charge in [-0.25, -0.2) is 0 Å². The molecule has 0 aromatic rings. The summed E-state index contributed by atoms with van der Waals surface area (Å²) in [6.45, 7) is 13.4. The van der Waals surface area contributed by atoms with Gasteiger partial charge in [-0.1, -0.05) is 26.0 Å². The number of nitrogens with one attached hydrogen (secondary N) is 1. The third-order valence-corrected chi connectivity index (χ3v) is 4.92. The molecule has 1 heterocycles. The van der Waals surface area contributed by atoms with Crippen molar-refractivity contribution >= 4 is 11.8 Å². The summed E-state index contributed by atoms with van der Waals surface area (Å²) in [5.41, 5.74) is 7.51. The molecular weight excluding hydrogens is 244 g/mol. The summed E-state index contributed by atoms with van der Waals surface area (Å²) in [6, 6.07) is 0. The fourth-order valence-electron chi connectivity index (χ4n) is 2.49. The second-order valence-electron chi connectivity index (χ2n) is 6.25. The van der Waals surface area contributed by atoms with Gasteiger partial charge in [-0.15, -0.1) is 0 Å². The van der Waals surface area contributed by atoms with Gasteiger partial charge < -0.3 is 15.8 Å². The molecule has 4 heteroatoms. The summed E-state index contributed by atoms with van der Waals surface area (Å²) in [5.74, 6) is 2.33. The Labute approximate surface area is 116 Å². The van der Waals surface area contributed by atoms with E-state index in [2.05, 4.69) is 25.7 Å². The van der Waals surface area contributed by atoms with Crippen LogP contribution in [0.2, 0.25) is 0 Å². The highest BCUT2D eigenvalue weighted by molar-refractivity contribution is 7.99. The summed E-state index contributed by atoms with van der Waals surface area (Å²) < 4.78 is 5.52. The third kappa shape index (κ3) is 5.31. The van der Waals surface area contributed by atoms with Crippen molar-refractivity contribution in [3.05, 3.63) is 12.2 Å². The molecule has 0 aromatic carbocycles. The Bertz CT molecular complexity index is 281. The van der Waals surface area contributed by atoms with Crippen LogP contribution >= 0.6 is 11.8 Å². The molecule has 1 saturated heterocycles. The Kier molecular flexibility index (Phi) is 6.18. The second-order valence-corrected chi connectivity index (χ2v) is 7.24. The van der Waals surface area contributed by atoms with Crippen molar-refractivity contribution in [2.24, 2.45) is 11.1 Å². The molecule has 0 spiro atoms. The maximum Gasteiger partial charge on any atom is 0.0672 e. The van der Waals surface area contributed by atoms with E-state index in [4.69, 9.17) is 10.5 Å². The molecule has 3 N–H and O–H groups in total. The van der Waals surface area contributed by atoms with E-state index in [0.29, 0.717) is 18.6 Å². The van der Waals surface area contributed by atoms with Crippen molar-refractivity contribution < 1.29 is 4.74 Å². The predicted octanol–water partition coefficient (Wildman–Crippen LogP) is 2.03. The zero-order chi connectivity index (χ0) is 13.6. The molecule has 106 valence electrons. The van der Waals surface area contributed by atoms with E-state index in [1.54, 1.807) is 0 Å². The van der Waals surface area contributed by atoms with Crippen LogP contribution < -0.4 is 11.1 Å². The van der Waals surface area contributed by atoms with E-state index < -0.39 is 0 Å². The second kappa shape index (κ2) is 6.94. The van der Waals surface area contributed by atoms with Crippen LogP contribution in [0.15, 0.2) is 12.2 Å². The molecule has 0 saturated carbocycles. The van der Waals surface area contributed by atoms with Crippen molar-refractivity contribution in [1.82, 2.24) is 5.32 Å². The fourth-order valence-corrected chi connectivity index (χ4v) is 3.96. The molecule has 1 rings (SSSR count). The molecule has 1 atom stereocenters. The van der Waals surface area contributed by atoms with Gasteiger partial charge in [0, 0.05) is 24.4 Å². The summed E-state index contributed by atoms with van der Waals surface area (Å²) in [5, 5.41) is 3.61. The van der Waals surface area contributed by atoms with Gasteiger partial charge in [0.1, 0.15) is 0 Å². The molecule has 3 nitrogen and oxygen atoms in total. The quantitative estimate of drug-likeness (QED) is 0.550. The smallest absolute Gasteiger partial charge is 0.0672 e. The van der Waals surface area contributed by atoms with Crippen LogP contribution in [0.3, 0.4) is 0 Å². The maximum atomic E-state index is 5.99. The van der Waals surface area contributed by atoms with Crippen molar-refractivity contribution in [2.45, 2.75) is 32.7 Å². The molecule has 0 bridgehead atoms. The van der Waals surface area contributed by atoms with Gasteiger partial charge in [0.25, 0.3) is 0 Å². The molecule has 0 radical (unpaired) electrons. The van der Waals surface area contributed by atoms with Crippen molar-refractivity contribution in [1.29, 1.82) is 0 Å². The van der Waals surface area contributed by atoms with Crippen LogP contribution in [0.4, 0.5) is 0 Å². The van der Waals surface area contributed by atoms with Crippen LogP contribution in [0.5, 0.6) is 0 Å².